The molecule has 1 aliphatic carbocycles. The highest BCUT2D eigenvalue weighted by atomic mass is 16.3. The van der Waals surface area contributed by atoms with Crippen molar-refractivity contribution in [2.45, 2.75) is 44.8 Å². The van der Waals surface area contributed by atoms with Crippen LogP contribution < -0.4 is 11.1 Å². The third-order valence-corrected chi connectivity index (χ3v) is 4.13. The highest BCUT2D eigenvalue weighted by Crippen LogP contribution is 2.23. The van der Waals surface area contributed by atoms with Gasteiger partial charge in [-0.15, -0.1) is 0 Å². The minimum Gasteiger partial charge on any atom is -0.393 e. The number of benzene rings is 1. The topological polar surface area (TPSA) is 75.4 Å². The largest absolute Gasteiger partial charge is 0.393 e. The molecule has 110 valence electrons. The Morgan fingerprint density at radius 3 is 2.65 bits per heavy atom. The molecular weight excluding hydrogens is 252 g/mol. The van der Waals surface area contributed by atoms with Crippen LogP contribution in [-0.2, 0) is 4.79 Å². The molecule has 0 bridgehead atoms. The fraction of sp³-hybridized carbons (Fsp3) is 0.562. The van der Waals surface area contributed by atoms with Gasteiger partial charge in [0.25, 0.3) is 0 Å². The van der Waals surface area contributed by atoms with Crippen molar-refractivity contribution < 1.29 is 9.90 Å². The van der Waals surface area contributed by atoms with Crippen molar-refractivity contribution in [2.75, 3.05) is 6.54 Å². The maximum Gasteiger partial charge on any atom is 0.241 e. The zero-order valence-corrected chi connectivity index (χ0v) is 12.0. The first-order valence-electron chi connectivity index (χ1n) is 7.36. The van der Waals surface area contributed by atoms with Crippen LogP contribution in [0.25, 0.3) is 0 Å². The van der Waals surface area contributed by atoms with Crippen LogP contribution in [0.15, 0.2) is 24.3 Å². The van der Waals surface area contributed by atoms with Crippen molar-refractivity contribution in [1.29, 1.82) is 0 Å². The molecule has 1 aromatic carbocycles. The molecule has 3 unspecified atom stereocenters. The molecule has 3 atom stereocenters. The third kappa shape index (κ3) is 3.81. The third-order valence-electron chi connectivity index (χ3n) is 4.13. The molecule has 1 fully saturated rings. The van der Waals surface area contributed by atoms with Crippen molar-refractivity contribution in [3.8, 4) is 0 Å². The van der Waals surface area contributed by atoms with E-state index in [0.717, 1.165) is 36.8 Å². The molecule has 1 aliphatic rings. The van der Waals surface area contributed by atoms with Crippen LogP contribution in [0.2, 0.25) is 0 Å². The van der Waals surface area contributed by atoms with Gasteiger partial charge in [-0.1, -0.05) is 42.7 Å². The monoisotopic (exact) mass is 276 g/mol. The fourth-order valence-electron chi connectivity index (χ4n) is 2.69. The quantitative estimate of drug-likeness (QED) is 0.783. The van der Waals surface area contributed by atoms with E-state index in [9.17, 15) is 9.90 Å². The molecule has 0 radical (unpaired) electrons. The van der Waals surface area contributed by atoms with Gasteiger partial charge in [0.1, 0.15) is 6.04 Å². The second kappa shape index (κ2) is 6.86. The summed E-state index contributed by atoms with van der Waals surface area (Å²) in [6, 6.07) is 7.03. The smallest absolute Gasteiger partial charge is 0.241 e. The lowest BCUT2D eigenvalue weighted by atomic mass is 9.86. The molecule has 2 rings (SSSR count). The molecule has 4 nitrogen and oxygen atoms in total. The van der Waals surface area contributed by atoms with E-state index in [1.165, 1.54) is 0 Å². The van der Waals surface area contributed by atoms with Crippen molar-refractivity contribution >= 4 is 5.91 Å². The van der Waals surface area contributed by atoms with Gasteiger partial charge in [0, 0.05) is 12.5 Å². The Kier molecular flexibility index (Phi) is 5.15. The first kappa shape index (κ1) is 15.0. The van der Waals surface area contributed by atoms with Crippen LogP contribution in [-0.4, -0.2) is 23.7 Å². The SMILES string of the molecule is Cc1ccc(C(N)C(=O)NCC2CCCCC2O)cc1. The van der Waals surface area contributed by atoms with Gasteiger partial charge < -0.3 is 16.2 Å². The Balaban J connectivity index is 1.86. The second-order valence-electron chi connectivity index (χ2n) is 5.75. The van der Waals surface area contributed by atoms with Crippen molar-refractivity contribution in [1.82, 2.24) is 5.32 Å². The van der Waals surface area contributed by atoms with Crippen molar-refractivity contribution in [3.05, 3.63) is 35.4 Å². The van der Waals surface area contributed by atoms with Crippen LogP contribution in [0.1, 0.15) is 42.9 Å². The second-order valence-corrected chi connectivity index (χ2v) is 5.75. The predicted molar refractivity (Wildman–Crippen MR) is 79.1 cm³/mol. The van der Waals surface area contributed by atoms with Crippen LogP contribution in [0.3, 0.4) is 0 Å². The minimum absolute atomic E-state index is 0.165. The Hall–Kier alpha value is -1.39. The van der Waals surface area contributed by atoms with E-state index in [1.807, 2.05) is 31.2 Å². The summed E-state index contributed by atoms with van der Waals surface area (Å²) in [5.74, 6) is -0.00968. The summed E-state index contributed by atoms with van der Waals surface area (Å²) in [7, 11) is 0. The van der Waals surface area contributed by atoms with Gasteiger partial charge in [-0.3, -0.25) is 4.79 Å². The maximum atomic E-state index is 12.1. The number of carbonyl (C=O) groups is 1. The van der Waals surface area contributed by atoms with Gasteiger partial charge >= 0.3 is 0 Å². The summed E-state index contributed by atoms with van der Waals surface area (Å²) < 4.78 is 0. The Morgan fingerprint density at radius 2 is 2.00 bits per heavy atom. The molecule has 0 saturated heterocycles. The molecular formula is C16H24N2O2. The number of aryl methyl sites for hydroxylation is 1. The zero-order valence-electron chi connectivity index (χ0n) is 12.0. The molecule has 1 amide bonds. The van der Waals surface area contributed by atoms with Crippen LogP contribution in [0.5, 0.6) is 0 Å². The van der Waals surface area contributed by atoms with Crippen LogP contribution in [0, 0.1) is 12.8 Å². The number of nitrogens with two attached hydrogens (primary N) is 1. The first-order chi connectivity index (χ1) is 9.58. The molecule has 4 N–H and O–H groups in total. The molecule has 4 heteroatoms. The maximum absolute atomic E-state index is 12.1. The summed E-state index contributed by atoms with van der Waals surface area (Å²) in [6.07, 6.45) is 3.72. The molecule has 0 aliphatic heterocycles. The van der Waals surface area contributed by atoms with Gasteiger partial charge in [-0.2, -0.15) is 0 Å². The molecule has 1 aromatic rings. The summed E-state index contributed by atoms with van der Waals surface area (Å²) in [5.41, 5.74) is 7.93. The average Bonchev–Trinajstić information content (AvgIpc) is 2.46. The van der Waals surface area contributed by atoms with E-state index >= 15 is 0 Å². The lowest BCUT2D eigenvalue weighted by molar-refractivity contribution is -0.122. The van der Waals surface area contributed by atoms with Gasteiger partial charge in [0.2, 0.25) is 5.91 Å². The molecule has 0 heterocycles. The molecule has 0 spiro atoms. The number of hydrogen-bond donors (Lipinski definition) is 3. The van der Waals surface area contributed by atoms with Crippen molar-refractivity contribution in [2.24, 2.45) is 11.7 Å². The standard InChI is InChI=1S/C16H24N2O2/c1-11-6-8-12(9-7-11)15(17)16(20)18-10-13-4-2-3-5-14(13)19/h6-9,13-15,19H,2-5,10,17H2,1H3,(H,18,20). The van der Waals surface area contributed by atoms with Gasteiger partial charge in [-0.05, 0) is 25.3 Å². The van der Waals surface area contributed by atoms with Crippen LogP contribution >= 0.6 is 0 Å². The number of aliphatic hydroxyl groups is 1. The first-order valence-corrected chi connectivity index (χ1v) is 7.36. The van der Waals surface area contributed by atoms with E-state index in [0.29, 0.717) is 6.54 Å². The lowest BCUT2D eigenvalue weighted by Crippen LogP contribution is -2.40. The zero-order chi connectivity index (χ0) is 14.5. The normalized spacial score (nSPS) is 24.1. The number of hydrogen-bond acceptors (Lipinski definition) is 3. The number of nitrogens with one attached hydrogen (secondary N) is 1. The molecule has 20 heavy (non-hydrogen) atoms. The lowest BCUT2D eigenvalue weighted by Gasteiger charge is -2.28. The van der Waals surface area contributed by atoms with Crippen molar-refractivity contribution in [3.63, 3.8) is 0 Å². The van der Waals surface area contributed by atoms with E-state index < -0.39 is 6.04 Å². The average molecular weight is 276 g/mol. The number of aliphatic hydroxyl groups excluding tert-OH is 1. The number of amides is 1. The number of rotatable bonds is 4. The van der Waals surface area contributed by atoms with E-state index in [-0.39, 0.29) is 17.9 Å². The highest BCUT2D eigenvalue weighted by Gasteiger charge is 2.24. The minimum atomic E-state index is -0.642. The predicted octanol–water partition coefficient (Wildman–Crippen LogP) is 1.66. The number of carbonyl (C=O) groups excluding carboxylic acids is 1. The highest BCUT2D eigenvalue weighted by molar-refractivity contribution is 5.82. The van der Waals surface area contributed by atoms with Gasteiger partial charge in [0.15, 0.2) is 0 Å². The Labute approximate surface area is 120 Å². The fourth-order valence-corrected chi connectivity index (χ4v) is 2.69. The summed E-state index contributed by atoms with van der Waals surface area (Å²) in [5, 5.41) is 12.8. The van der Waals surface area contributed by atoms with E-state index in [4.69, 9.17) is 5.73 Å². The summed E-state index contributed by atoms with van der Waals surface area (Å²) >= 11 is 0. The van der Waals surface area contributed by atoms with E-state index in [2.05, 4.69) is 5.32 Å². The van der Waals surface area contributed by atoms with Gasteiger partial charge in [0.05, 0.1) is 6.10 Å². The summed E-state index contributed by atoms with van der Waals surface area (Å²) in [6.45, 7) is 2.51. The summed E-state index contributed by atoms with van der Waals surface area (Å²) in [4.78, 5) is 12.1. The van der Waals surface area contributed by atoms with E-state index in [1.54, 1.807) is 0 Å². The Morgan fingerprint density at radius 1 is 1.35 bits per heavy atom. The Bertz CT molecular complexity index is 444. The van der Waals surface area contributed by atoms with Crippen LogP contribution in [0.4, 0.5) is 0 Å². The molecule has 1 saturated carbocycles. The molecule has 0 aromatic heterocycles. The van der Waals surface area contributed by atoms with Gasteiger partial charge in [-0.25, -0.2) is 0 Å².